The van der Waals surface area contributed by atoms with Crippen LogP contribution in [0, 0.1) is 5.92 Å². The highest BCUT2D eigenvalue weighted by Crippen LogP contribution is 2.23. The van der Waals surface area contributed by atoms with Gasteiger partial charge in [0.05, 0.1) is 6.54 Å². The highest BCUT2D eigenvalue weighted by Gasteiger charge is 2.22. The number of hydrogen-bond donors (Lipinski definition) is 2. The first-order valence-electron chi connectivity index (χ1n) is 9.30. The first-order chi connectivity index (χ1) is 12.7. The van der Waals surface area contributed by atoms with E-state index in [1.54, 1.807) is 6.20 Å². The molecular formula is C20H27N5O. The lowest BCUT2D eigenvalue weighted by molar-refractivity contribution is -0.131. The number of amides is 1. The van der Waals surface area contributed by atoms with E-state index in [2.05, 4.69) is 32.7 Å². The second-order valence-corrected chi connectivity index (χ2v) is 6.78. The number of nitrogens with one attached hydrogen (secondary N) is 2. The molecule has 138 valence electrons. The molecular weight excluding hydrogens is 326 g/mol. The summed E-state index contributed by atoms with van der Waals surface area (Å²) in [6, 6.07) is 9.95. The van der Waals surface area contributed by atoms with E-state index in [0.29, 0.717) is 12.5 Å². The van der Waals surface area contributed by atoms with Crippen LogP contribution in [0.3, 0.4) is 0 Å². The normalized spacial score (nSPS) is 15.0. The molecule has 26 heavy (non-hydrogen) atoms. The quantitative estimate of drug-likeness (QED) is 0.801. The Morgan fingerprint density at radius 1 is 1.15 bits per heavy atom. The summed E-state index contributed by atoms with van der Waals surface area (Å²) in [5.74, 6) is 2.53. The minimum atomic E-state index is 0.213. The predicted octanol–water partition coefficient (Wildman–Crippen LogP) is 2.61. The lowest BCUT2D eigenvalue weighted by atomic mass is 9.90. The second-order valence-electron chi connectivity index (χ2n) is 6.78. The fraction of sp³-hybridized carbons (Fsp3) is 0.450. The third kappa shape index (κ3) is 5.26. The van der Waals surface area contributed by atoms with Crippen LogP contribution in [-0.4, -0.2) is 47.5 Å². The van der Waals surface area contributed by atoms with Crippen LogP contribution >= 0.6 is 0 Å². The van der Waals surface area contributed by atoms with Crippen molar-refractivity contribution in [3.05, 3.63) is 48.3 Å². The maximum atomic E-state index is 11.9. The number of anilines is 2. The molecule has 1 aliphatic rings. The molecule has 2 N–H and O–H groups in total. The standard InChI is InChI=1S/C20H27N5O/c1-21-15-20(26)25-12-8-16(9-13-25)5-6-17-7-11-23-19(14-17)24-18-4-2-3-10-22-18/h2-4,7,10-11,14,16,21H,5-6,8-9,12-13,15H2,1H3,(H,22,23,24). The molecule has 0 unspecified atom stereocenters. The van der Waals surface area contributed by atoms with Gasteiger partial charge in [-0.3, -0.25) is 4.79 Å². The number of carbonyl (C=O) groups excluding carboxylic acids is 1. The monoisotopic (exact) mass is 353 g/mol. The summed E-state index contributed by atoms with van der Waals surface area (Å²) in [7, 11) is 1.82. The molecule has 3 rings (SSSR count). The molecule has 0 bridgehead atoms. The Kier molecular flexibility index (Phi) is 6.55. The third-order valence-corrected chi connectivity index (χ3v) is 4.88. The van der Waals surface area contributed by atoms with E-state index in [1.165, 1.54) is 5.56 Å². The van der Waals surface area contributed by atoms with Gasteiger partial charge in [0.15, 0.2) is 0 Å². The first-order valence-corrected chi connectivity index (χ1v) is 9.30. The maximum Gasteiger partial charge on any atom is 0.236 e. The van der Waals surface area contributed by atoms with Crippen molar-refractivity contribution in [2.75, 3.05) is 32.0 Å². The Morgan fingerprint density at radius 3 is 2.69 bits per heavy atom. The van der Waals surface area contributed by atoms with Gasteiger partial charge in [0.25, 0.3) is 0 Å². The summed E-state index contributed by atoms with van der Waals surface area (Å²) in [5, 5.41) is 6.18. The van der Waals surface area contributed by atoms with Crippen molar-refractivity contribution in [1.82, 2.24) is 20.2 Å². The van der Waals surface area contributed by atoms with Crippen molar-refractivity contribution in [2.45, 2.75) is 25.7 Å². The van der Waals surface area contributed by atoms with E-state index < -0.39 is 0 Å². The summed E-state index contributed by atoms with van der Waals surface area (Å²) < 4.78 is 0. The molecule has 1 fully saturated rings. The van der Waals surface area contributed by atoms with Crippen molar-refractivity contribution in [2.24, 2.45) is 5.92 Å². The van der Waals surface area contributed by atoms with Crippen LogP contribution in [0.4, 0.5) is 11.6 Å². The minimum absolute atomic E-state index is 0.213. The predicted molar refractivity (Wildman–Crippen MR) is 103 cm³/mol. The fourth-order valence-corrected chi connectivity index (χ4v) is 3.37. The number of pyridine rings is 2. The van der Waals surface area contributed by atoms with Gasteiger partial charge in [-0.1, -0.05) is 6.07 Å². The zero-order valence-corrected chi connectivity index (χ0v) is 15.3. The molecule has 2 aromatic rings. The Labute approximate surface area is 155 Å². The highest BCUT2D eigenvalue weighted by atomic mass is 16.2. The van der Waals surface area contributed by atoms with E-state index in [-0.39, 0.29) is 5.91 Å². The van der Waals surface area contributed by atoms with Crippen LogP contribution in [-0.2, 0) is 11.2 Å². The molecule has 6 heteroatoms. The number of aromatic nitrogens is 2. The van der Waals surface area contributed by atoms with Crippen molar-refractivity contribution in [3.63, 3.8) is 0 Å². The van der Waals surface area contributed by atoms with Crippen LogP contribution in [0.1, 0.15) is 24.8 Å². The van der Waals surface area contributed by atoms with Crippen LogP contribution < -0.4 is 10.6 Å². The number of carbonyl (C=O) groups is 1. The Hall–Kier alpha value is -2.47. The molecule has 1 aliphatic heterocycles. The number of aryl methyl sites for hydroxylation is 1. The average Bonchev–Trinajstić information content (AvgIpc) is 2.68. The van der Waals surface area contributed by atoms with Gasteiger partial charge in [-0.05, 0) is 68.5 Å². The largest absolute Gasteiger partial charge is 0.342 e. The van der Waals surface area contributed by atoms with E-state index in [1.807, 2.05) is 36.3 Å². The van der Waals surface area contributed by atoms with E-state index in [4.69, 9.17) is 0 Å². The lowest BCUT2D eigenvalue weighted by Gasteiger charge is -2.32. The molecule has 0 aliphatic carbocycles. The zero-order chi connectivity index (χ0) is 18.2. The molecule has 2 aromatic heterocycles. The van der Waals surface area contributed by atoms with Gasteiger partial charge in [-0.25, -0.2) is 9.97 Å². The number of likely N-dealkylation sites (N-methyl/N-ethyl adjacent to an activating group) is 1. The maximum absolute atomic E-state index is 11.9. The zero-order valence-electron chi connectivity index (χ0n) is 15.3. The Bertz CT molecular complexity index is 698. The topological polar surface area (TPSA) is 70.2 Å². The van der Waals surface area contributed by atoms with Crippen molar-refractivity contribution >= 4 is 17.5 Å². The molecule has 0 atom stereocenters. The lowest BCUT2D eigenvalue weighted by Crippen LogP contribution is -2.42. The minimum Gasteiger partial charge on any atom is -0.342 e. The fourth-order valence-electron chi connectivity index (χ4n) is 3.37. The summed E-state index contributed by atoms with van der Waals surface area (Å²) in [6.45, 7) is 2.20. The summed E-state index contributed by atoms with van der Waals surface area (Å²) in [6.07, 6.45) is 7.99. The Balaban J connectivity index is 1.47. The summed E-state index contributed by atoms with van der Waals surface area (Å²) in [5.41, 5.74) is 1.28. The Morgan fingerprint density at radius 2 is 1.96 bits per heavy atom. The van der Waals surface area contributed by atoms with Crippen LogP contribution in [0.2, 0.25) is 0 Å². The van der Waals surface area contributed by atoms with Crippen molar-refractivity contribution in [3.8, 4) is 0 Å². The number of rotatable bonds is 7. The van der Waals surface area contributed by atoms with Gasteiger partial charge in [0.1, 0.15) is 11.6 Å². The van der Waals surface area contributed by atoms with E-state index >= 15 is 0 Å². The average molecular weight is 353 g/mol. The van der Waals surface area contributed by atoms with Crippen LogP contribution in [0.15, 0.2) is 42.7 Å². The number of piperidine rings is 1. The van der Waals surface area contributed by atoms with Gasteiger partial charge >= 0.3 is 0 Å². The van der Waals surface area contributed by atoms with Gasteiger partial charge in [0, 0.05) is 25.5 Å². The number of hydrogen-bond acceptors (Lipinski definition) is 5. The van der Waals surface area contributed by atoms with Gasteiger partial charge in [-0.15, -0.1) is 0 Å². The van der Waals surface area contributed by atoms with Crippen LogP contribution in [0.5, 0.6) is 0 Å². The molecule has 1 saturated heterocycles. The highest BCUT2D eigenvalue weighted by molar-refractivity contribution is 5.78. The summed E-state index contributed by atoms with van der Waals surface area (Å²) >= 11 is 0. The second kappa shape index (κ2) is 9.29. The molecule has 0 radical (unpaired) electrons. The number of likely N-dealkylation sites (tertiary alicyclic amines) is 1. The van der Waals surface area contributed by atoms with Gasteiger partial charge in [0.2, 0.25) is 5.91 Å². The van der Waals surface area contributed by atoms with Crippen molar-refractivity contribution < 1.29 is 4.79 Å². The number of nitrogens with zero attached hydrogens (tertiary/aromatic N) is 3. The SMILES string of the molecule is CNCC(=O)N1CCC(CCc2ccnc(Nc3ccccn3)c2)CC1. The summed E-state index contributed by atoms with van der Waals surface area (Å²) in [4.78, 5) is 22.5. The van der Waals surface area contributed by atoms with Gasteiger partial charge < -0.3 is 15.5 Å². The molecule has 1 amide bonds. The third-order valence-electron chi connectivity index (χ3n) is 4.88. The van der Waals surface area contributed by atoms with Crippen molar-refractivity contribution in [1.29, 1.82) is 0 Å². The molecule has 0 spiro atoms. The van der Waals surface area contributed by atoms with Crippen LogP contribution in [0.25, 0.3) is 0 Å². The smallest absolute Gasteiger partial charge is 0.236 e. The molecule has 3 heterocycles. The molecule has 0 aromatic carbocycles. The first kappa shape index (κ1) is 18.3. The molecule has 6 nitrogen and oxygen atoms in total. The van der Waals surface area contributed by atoms with E-state index in [9.17, 15) is 4.79 Å². The molecule has 0 saturated carbocycles. The van der Waals surface area contributed by atoms with E-state index in [0.717, 1.165) is 50.4 Å². The van der Waals surface area contributed by atoms with Gasteiger partial charge in [-0.2, -0.15) is 0 Å².